The second-order valence-electron chi connectivity index (χ2n) is 5.54. The van der Waals surface area contributed by atoms with Crippen LogP contribution in [0.1, 0.15) is 5.56 Å². The van der Waals surface area contributed by atoms with Crippen LogP contribution in [-0.4, -0.2) is 61.6 Å². The van der Waals surface area contributed by atoms with E-state index in [0.717, 1.165) is 45.8 Å². The molecule has 3 N–H and O–H groups in total. The molecule has 23 heavy (non-hydrogen) atoms. The van der Waals surface area contributed by atoms with Gasteiger partial charge in [-0.2, -0.15) is 0 Å². The highest BCUT2D eigenvalue weighted by Gasteiger charge is 2.16. The zero-order valence-corrected chi connectivity index (χ0v) is 15.4. The molecule has 1 saturated heterocycles. The molecule has 128 valence electrons. The van der Waals surface area contributed by atoms with Crippen molar-refractivity contribution >= 4 is 22.9 Å². The molecule has 0 amide bonds. The summed E-state index contributed by atoms with van der Waals surface area (Å²) in [5, 5.41) is 2.99. The number of aliphatic imine (C=N–C) groups is 1. The third-order valence-corrected chi connectivity index (χ3v) is 3.84. The van der Waals surface area contributed by atoms with Crippen LogP contribution in [0.4, 0.5) is 0 Å². The van der Waals surface area contributed by atoms with Crippen LogP contribution in [-0.2, 0) is 6.54 Å². The van der Waals surface area contributed by atoms with E-state index in [9.17, 15) is 0 Å². The molecule has 0 saturated carbocycles. The second kappa shape index (κ2) is 11.2. The normalized spacial score (nSPS) is 16.6. The minimum atomic E-state index is 0. The van der Waals surface area contributed by atoms with Crippen LogP contribution in [0.25, 0.3) is 0 Å². The van der Waals surface area contributed by atoms with Crippen LogP contribution in [0.15, 0.2) is 48.0 Å². The van der Waals surface area contributed by atoms with E-state index in [2.05, 4.69) is 57.0 Å². The number of nitrogens with two attached hydrogens (primary N) is 1. The lowest BCUT2D eigenvalue weighted by atomic mass is 10.2. The molecule has 1 aromatic rings. The fourth-order valence-electron chi connectivity index (χ4n) is 2.56. The van der Waals surface area contributed by atoms with E-state index in [0.29, 0.717) is 12.5 Å². The average molecular weight is 382 g/mol. The number of nitrogens with zero attached hydrogens (tertiary/aromatic N) is 3. The lowest BCUT2D eigenvalue weighted by Crippen LogP contribution is -2.46. The molecule has 1 aliphatic heterocycles. The van der Waals surface area contributed by atoms with E-state index in [1.54, 1.807) is 6.08 Å². The molecule has 1 heterocycles. The Bertz CT molecular complexity index is 469. The zero-order valence-electron chi connectivity index (χ0n) is 13.7. The quantitative estimate of drug-likeness (QED) is 0.426. The third-order valence-electron chi connectivity index (χ3n) is 3.84. The molecule has 0 unspecified atom stereocenters. The minimum Gasteiger partial charge on any atom is -0.370 e. The maximum atomic E-state index is 5.75. The minimum absolute atomic E-state index is 0. The summed E-state index contributed by atoms with van der Waals surface area (Å²) >= 11 is 0. The Hall–Kier alpha value is -1.37. The monoisotopic (exact) mass is 381 g/mol. The topological polar surface area (TPSA) is 56.9 Å². The number of halogens is 1. The SMILES string of the molecule is Br.C=CCNC(N)=NCCN1CCN(Cc2ccccc2)CC1. The zero-order chi connectivity index (χ0) is 15.6. The van der Waals surface area contributed by atoms with Gasteiger partial charge < -0.3 is 11.1 Å². The third kappa shape index (κ3) is 7.63. The molecule has 6 heteroatoms. The summed E-state index contributed by atoms with van der Waals surface area (Å²) < 4.78 is 0. The Labute approximate surface area is 150 Å². The van der Waals surface area contributed by atoms with Crippen molar-refractivity contribution in [2.24, 2.45) is 10.7 Å². The van der Waals surface area contributed by atoms with Gasteiger partial charge in [-0.05, 0) is 5.56 Å². The van der Waals surface area contributed by atoms with Gasteiger partial charge in [-0.1, -0.05) is 36.4 Å². The molecule has 1 aromatic carbocycles. The van der Waals surface area contributed by atoms with Gasteiger partial charge in [0, 0.05) is 45.8 Å². The summed E-state index contributed by atoms with van der Waals surface area (Å²) in [7, 11) is 0. The summed E-state index contributed by atoms with van der Waals surface area (Å²) in [6.07, 6.45) is 1.77. The molecule has 0 atom stereocenters. The number of piperazine rings is 1. The highest BCUT2D eigenvalue weighted by Crippen LogP contribution is 2.08. The summed E-state index contributed by atoms with van der Waals surface area (Å²) in [6.45, 7) is 11.5. The molecule has 0 spiro atoms. The molecule has 0 aliphatic carbocycles. The van der Waals surface area contributed by atoms with Crippen molar-refractivity contribution in [3.05, 3.63) is 48.6 Å². The Balaban J connectivity index is 0.00000264. The first-order valence-electron chi connectivity index (χ1n) is 7.91. The van der Waals surface area contributed by atoms with E-state index in [4.69, 9.17) is 5.73 Å². The number of nitrogens with one attached hydrogen (secondary N) is 1. The van der Waals surface area contributed by atoms with E-state index < -0.39 is 0 Å². The van der Waals surface area contributed by atoms with E-state index in [-0.39, 0.29) is 17.0 Å². The Morgan fingerprint density at radius 1 is 1.17 bits per heavy atom. The van der Waals surface area contributed by atoms with Gasteiger partial charge in [0.2, 0.25) is 0 Å². The van der Waals surface area contributed by atoms with Crippen LogP contribution in [0.3, 0.4) is 0 Å². The van der Waals surface area contributed by atoms with Crippen molar-refractivity contribution < 1.29 is 0 Å². The number of benzene rings is 1. The van der Waals surface area contributed by atoms with Crippen LogP contribution >= 0.6 is 17.0 Å². The van der Waals surface area contributed by atoms with Gasteiger partial charge in [0.15, 0.2) is 5.96 Å². The predicted octanol–water partition coefficient (Wildman–Crippen LogP) is 1.47. The number of rotatable bonds is 7. The molecule has 0 radical (unpaired) electrons. The van der Waals surface area contributed by atoms with E-state index in [1.165, 1.54) is 5.56 Å². The van der Waals surface area contributed by atoms with Crippen molar-refractivity contribution in [3.63, 3.8) is 0 Å². The van der Waals surface area contributed by atoms with Gasteiger partial charge in [-0.25, -0.2) is 0 Å². The largest absolute Gasteiger partial charge is 0.370 e. The fraction of sp³-hybridized carbons (Fsp3) is 0.471. The van der Waals surface area contributed by atoms with Crippen molar-refractivity contribution in [1.82, 2.24) is 15.1 Å². The maximum absolute atomic E-state index is 5.75. The summed E-state index contributed by atoms with van der Waals surface area (Å²) in [6, 6.07) is 10.7. The lowest BCUT2D eigenvalue weighted by Gasteiger charge is -2.34. The van der Waals surface area contributed by atoms with Crippen LogP contribution < -0.4 is 11.1 Å². The first-order chi connectivity index (χ1) is 10.8. The summed E-state index contributed by atoms with van der Waals surface area (Å²) in [5.74, 6) is 0.502. The Kier molecular flexibility index (Phi) is 9.59. The standard InChI is InChI=1S/C17H27N5.BrH/c1-2-8-19-17(18)20-9-10-21-11-13-22(14-12-21)15-16-6-4-3-5-7-16;/h2-7H,1,8-15H2,(H3,18,19,20);1H. The number of hydrogen-bond acceptors (Lipinski definition) is 3. The number of guanidine groups is 1. The van der Waals surface area contributed by atoms with Crippen molar-refractivity contribution in [3.8, 4) is 0 Å². The van der Waals surface area contributed by atoms with Crippen molar-refractivity contribution in [2.75, 3.05) is 45.8 Å². The van der Waals surface area contributed by atoms with E-state index in [1.807, 2.05) is 0 Å². The van der Waals surface area contributed by atoms with Gasteiger partial charge in [0.25, 0.3) is 0 Å². The smallest absolute Gasteiger partial charge is 0.188 e. The highest BCUT2D eigenvalue weighted by atomic mass is 79.9. The van der Waals surface area contributed by atoms with Crippen LogP contribution in [0.5, 0.6) is 0 Å². The highest BCUT2D eigenvalue weighted by molar-refractivity contribution is 8.93. The first-order valence-corrected chi connectivity index (χ1v) is 7.91. The molecular formula is C17H28BrN5. The summed E-state index contributed by atoms with van der Waals surface area (Å²) in [4.78, 5) is 9.28. The predicted molar refractivity (Wildman–Crippen MR) is 103 cm³/mol. The molecular weight excluding hydrogens is 354 g/mol. The van der Waals surface area contributed by atoms with Crippen LogP contribution in [0.2, 0.25) is 0 Å². The van der Waals surface area contributed by atoms with Gasteiger partial charge in [0.1, 0.15) is 0 Å². The fourth-order valence-corrected chi connectivity index (χ4v) is 2.56. The Morgan fingerprint density at radius 2 is 1.83 bits per heavy atom. The molecule has 1 aliphatic rings. The van der Waals surface area contributed by atoms with Crippen molar-refractivity contribution in [1.29, 1.82) is 0 Å². The number of hydrogen-bond donors (Lipinski definition) is 2. The molecule has 1 fully saturated rings. The Morgan fingerprint density at radius 3 is 2.48 bits per heavy atom. The van der Waals surface area contributed by atoms with Gasteiger partial charge in [-0.3, -0.25) is 14.8 Å². The summed E-state index contributed by atoms with van der Waals surface area (Å²) in [5.41, 5.74) is 7.14. The second-order valence-corrected chi connectivity index (χ2v) is 5.54. The molecule has 0 bridgehead atoms. The van der Waals surface area contributed by atoms with Gasteiger partial charge in [0.05, 0.1) is 6.54 Å². The van der Waals surface area contributed by atoms with Gasteiger partial charge >= 0.3 is 0 Å². The van der Waals surface area contributed by atoms with Crippen molar-refractivity contribution in [2.45, 2.75) is 6.54 Å². The first kappa shape index (κ1) is 19.7. The lowest BCUT2D eigenvalue weighted by molar-refractivity contribution is 0.130. The average Bonchev–Trinajstić information content (AvgIpc) is 2.55. The van der Waals surface area contributed by atoms with E-state index >= 15 is 0 Å². The molecule has 0 aromatic heterocycles. The molecule has 5 nitrogen and oxygen atoms in total. The van der Waals surface area contributed by atoms with Gasteiger partial charge in [-0.15, -0.1) is 23.6 Å². The van der Waals surface area contributed by atoms with Crippen LogP contribution in [0, 0.1) is 0 Å². The molecule has 2 rings (SSSR count). The maximum Gasteiger partial charge on any atom is 0.188 e.